The van der Waals surface area contributed by atoms with E-state index in [4.69, 9.17) is 24.8 Å². The molecule has 3 unspecified atom stereocenters. The topological polar surface area (TPSA) is 172 Å². The van der Waals surface area contributed by atoms with Gasteiger partial charge in [0.1, 0.15) is 12.6 Å². The number of phosphoric ester groups is 1. The molecule has 0 aromatic rings. The highest BCUT2D eigenvalue weighted by atomic mass is 31.2. The van der Waals surface area contributed by atoms with Crippen molar-refractivity contribution in [1.29, 1.82) is 0 Å². The van der Waals surface area contributed by atoms with E-state index >= 15 is 0 Å². The summed E-state index contributed by atoms with van der Waals surface area (Å²) in [6.45, 7) is 2.52. The molecule has 0 heterocycles. The third-order valence-corrected chi connectivity index (χ3v) is 9.06. The Morgan fingerprint density at radius 3 is 1.38 bits per heavy atom. The summed E-state index contributed by atoms with van der Waals surface area (Å²) in [4.78, 5) is 44.9. The highest BCUT2D eigenvalue weighted by Gasteiger charge is 2.28. The third kappa shape index (κ3) is 31.5. The van der Waals surface area contributed by atoms with Crippen LogP contribution in [-0.4, -0.2) is 59.9 Å². The molecule has 0 aliphatic carbocycles. The molecule has 0 aliphatic rings. The van der Waals surface area contributed by atoms with Crippen molar-refractivity contribution in [3.63, 3.8) is 0 Å². The summed E-state index contributed by atoms with van der Waals surface area (Å²) >= 11 is 0. The van der Waals surface area contributed by atoms with Crippen molar-refractivity contribution in [2.75, 3.05) is 19.8 Å². The Bertz CT molecular complexity index is 828. The summed E-state index contributed by atoms with van der Waals surface area (Å²) < 4.78 is 32.1. The molecule has 0 saturated carbocycles. The molecule has 0 aliphatic heterocycles. The van der Waals surface area contributed by atoms with Gasteiger partial charge in [-0.05, 0) is 12.8 Å². The molecule has 0 spiro atoms. The molecule has 0 radical (unpaired) electrons. The Balaban J connectivity index is 3.99. The van der Waals surface area contributed by atoms with E-state index in [1.165, 1.54) is 109 Å². The molecule has 12 heteroatoms. The van der Waals surface area contributed by atoms with Gasteiger partial charge in [0.05, 0.1) is 13.2 Å². The molecule has 3 atom stereocenters. The van der Waals surface area contributed by atoms with E-state index in [1.807, 2.05) is 6.92 Å². The summed E-state index contributed by atoms with van der Waals surface area (Å²) in [5, 5.41) is 8.79. The first kappa shape index (κ1) is 45.5. The predicted octanol–water partition coefficient (Wildman–Crippen LogP) is 8.78. The molecule has 278 valence electrons. The number of phosphoric acid groups is 1. The Morgan fingerprint density at radius 2 is 0.957 bits per heavy atom. The average Bonchev–Trinajstić information content (AvgIpc) is 3.04. The fraction of sp³-hybridized carbons (Fsp3) is 0.914. The molecule has 0 saturated heterocycles. The molecule has 4 N–H and O–H groups in total. The quantitative estimate of drug-likeness (QED) is 0.0329. The molecule has 0 rings (SSSR count). The van der Waals surface area contributed by atoms with E-state index < -0.39 is 51.1 Å². The van der Waals surface area contributed by atoms with E-state index in [9.17, 15) is 23.8 Å². The lowest BCUT2D eigenvalue weighted by molar-refractivity contribution is -0.161. The van der Waals surface area contributed by atoms with Gasteiger partial charge >= 0.3 is 25.7 Å². The molecule has 47 heavy (non-hydrogen) atoms. The number of carboxylic acids is 1. The van der Waals surface area contributed by atoms with E-state index in [2.05, 4.69) is 11.4 Å². The molecular formula is C35H68NO10P. The van der Waals surface area contributed by atoms with Gasteiger partial charge in [-0.25, -0.2) is 4.57 Å². The van der Waals surface area contributed by atoms with Crippen LogP contribution in [0.15, 0.2) is 0 Å². The van der Waals surface area contributed by atoms with E-state index in [-0.39, 0.29) is 19.4 Å². The first-order chi connectivity index (χ1) is 22.6. The largest absolute Gasteiger partial charge is 0.480 e. The standard InChI is InChI=1S/C35H68NO10P/c1-3-5-7-8-9-10-11-12-13-14-15-16-17-18-19-20-21-22-23-24-25-27-34(38)46-31(28-43-33(37)26-6-4-2)29-44-47(41,42)45-30-32(36)35(39)40/h31-32H,3-30,36H2,1-2H3,(H,39,40)(H,41,42). The Morgan fingerprint density at radius 1 is 0.574 bits per heavy atom. The van der Waals surface area contributed by atoms with Gasteiger partial charge in [-0.15, -0.1) is 0 Å². The SMILES string of the molecule is CCCCCCCCCCCCCCCCCCCCCCCC(=O)OC(COC(=O)CCCC)COP(=O)(O)OCC(N)C(=O)O. The summed E-state index contributed by atoms with van der Waals surface area (Å²) in [6.07, 6.45) is 27.5. The van der Waals surface area contributed by atoms with Crippen molar-refractivity contribution in [1.82, 2.24) is 0 Å². The number of hydrogen-bond acceptors (Lipinski definition) is 9. The summed E-state index contributed by atoms with van der Waals surface area (Å²) in [6, 6.07) is -1.51. The lowest BCUT2D eigenvalue weighted by Gasteiger charge is -2.20. The number of carboxylic acid groups (broad SMARTS) is 1. The second-order valence-electron chi connectivity index (χ2n) is 12.7. The van der Waals surface area contributed by atoms with Crippen LogP contribution in [0.2, 0.25) is 0 Å². The lowest BCUT2D eigenvalue weighted by atomic mass is 10.0. The van der Waals surface area contributed by atoms with Gasteiger partial charge in [0.2, 0.25) is 0 Å². The zero-order valence-corrected chi connectivity index (χ0v) is 30.5. The highest BCUT2D eigenvalue weighted by molar-refractivity contribution is 7.47. The molecule has 0 amide bonds. The van der Waals surface area contributed by atoms with Gasteiger partial charge in [0.25, 0.3) is 0 Å². The van der Waals surface area contributed by atoms with Crippen LogP contribution >= 0.6 is 7.82 Å². The van der Waals surface area contributed by atoms with Crippen LogP contribution in [0.4, 0.5) is 0 Å². The normalized spacial score (nSPS) is 14.0. The molecule has 11 nitrogen and oxygen atoms in total. The van der Waals surface area contributed by atoms with Gasteiger partial charge in [0, 0.05) is 12.8 Å². The van der Waals surface area contributed by atoms with Crippen molar-refractivity contribution in [3.05, 3.63) is 0 Å². The second-order valence-corrected chi connectivity index (χ2v) is 14.2. The van der Waals surface area contributed by atoms with Gasteiger partial charge in [0.15, 0.2) is 6.10 Å². The van der Waals surface area contributed by atoms with Crippen LogP contribution in [0, 0.1) is 0 Å². The second kappa shape index (κ2) is 31.7. The lowest BCUT2D eigenvalue weighted by Crippen LogP contribution is -2.34. The van der Waals surface area contributed by atoms with Crippen LogP contribution in [0.25, 0.3) is 0 Å². The van der Waals surface area contributed by atoms with Crippen molar-refractivity contribution in [2.24, 2.45) is 5.73 Å². The number of rotatable bonds is 35. The first-order valence-corrected chi connectivity index (χ1v) is 20.1. The number of carbonyl (C=O) groups is 3. The van der Waals surface area contributed by atoms with Crippen LogP contribution in [0.5, 0.6) is 0 Å². The van der Waals surface area contributed by atoms with Gasteiger partial charge < -0.3 is 25.2 Å². The maximum absolute atomic E-state index is 12.4. The number of aliphatic carboxylic acids is 1. The predicted molar refractivity (Wildman–Crippen MR) is 185 cm³/mol. The van der Waals surface area contributed by atoms with Crippen LogP contribution in [0.1, 0.15) is 174 Å². The van der Waals surface area contributed by atoms with Crippen LogP contribution in [-0.2, 0) is 37.5 Å². The smallest absolute Gasteiger partial charge is 0.472 e. The zero-order chi connectivity index (χ0) is 35.0. The minimum absolute atomic E-state index is 0.167. The van der Waals surface area contributed by atoms with Gasteiger partial charge in [-0.2, -0.15) is 0 Å². The van der Waals surface area contributed by atoms with E-state index in [0.29, 0.717) is 12.8 Å². The maximum atomic E-state index is 12.4. The van der Waals surface area contributed by atoms with Crippen LogP contribution < -0.4 is 5.73 Å². The van der Waals surface area contributed by atoms with Crippen LogP contribution in [0.3, 0.4) is 0 Å². The molecular weight excluding hydrogens is 625 g/mol. The molecule has 0 aromatic heterocycles. The third-order valence-electron chi connectivity index (χ3n) is 8.11. The number of ether oxygens (including phenoxy) is 2. The van der Waals surface area contributed by atoms with E-state index in [1.54, 1.807) is 0 Å². The Hall–Kier alpha value is -1.52. The monoisotopic (exact) mass is 693 g/mol. The van der Waals surface area contributed by atoms with Crippen molar-refractivity contribution >= 4 is 25.7 Å². The van der Waals surface area contributed by atoms with Crippen molar-refractivity contribution in [2.45, 2.75) is 187 Å². The number of esters is 2. The molecule has 0 aromatic carbocycles. The summed E-state index contributed by atoms with van der Waals surface area (Å²) in [5.74, 6) is -2.41. The van der Waals surface area contributed by atoms with E-state index in [0.717, 1.165) is 25.7 Å². The molecule has 0 bridgehead atoms. The first-order valence-electron chi connectivity index (χ1n) is 18.6. The van der Waals surface area contributed by atoms with Crippen molar-refractivity contribution < 1.29 is 47.5 Å². The molecule has 0 fully saturated rings. The number of hydrogen-bond donors (Lipinski definition) is 3. The highest BCUT2D eigenvalue weighted by Crippen LogP contribution is 2.43. The fourth-order valence-electron chi connectivity index (χ4n) is 5.10. The summed E-state index contributed by atoms with van der Waals surface area (Å²) in [5.41, 5.74) is 5.27. The fourth-order valence-corrected chi connectivity index (χ4v) is 5.88. The van der Waals surface area contributed by atoms with Crippen molar-refractivity contribution in [3.8, 4) is 0 Å². The maximum Gasteiger partial charge on any atom is 0.472 e. The minimum Gasteiger partial charge on any atom is -0.480 e. The Labute approximate surface area is 285 Å². The average molecular weight is 694 g/mol. The van der Waals surface area contributed by atoms with Gasteiger partial charge in [-0.3, -0.25) is 23.4 Å². The van der Waals surface area contributed by atoms with Gasteiger partial charge in [-0.1, -0.05) is 149 Å². The number of carbonyl (C=O) groups excluding carboxylic acids is 2. The Kier molecular flexibility index (Phi) is 30.7. The summed E-state index contributed by atoms with van der Waals surface area (Å²) in [7, 11) is -4.68. The minimum atomic E-state index is -4.68. The number of unbranched alkanes of at least 4 members (excludes halogenated alkanes) is 21. The number of nitrogens with two attached hydrogens (primary N) is 1. The zero-order valence-electron chi connectivity index (χ0n) is 29.6.